The summed E-state index contributed by atoms with van der Waals surface area (Å²) >= 11 is 0. The highest BCUT2D eigenvalue weighted by Gasteiger charge is 2.20. The topological polar surface area (TPSA) is 22.1 Å². The van der Waals surface area contributed by atoms with E-state index in [1.54, 1.807) is 12.1 Å². The van der Waals surface area contributed by atoms with E-state index in [1.165, 1.54) is 12.4 Å². The maximum atomic E-state index is 12.2. The molecule has 0 saturated carbocycles. The average molecular weight is 173 g/mol. The van der Waals surface area contributed by atoms with Gasteiger partial charge in [0, 0.05) is 19.3 Å². The van der Waals surface area contributed by atoms with Crippen molar-refractivity contribution in [3.8, 4) is 0 Å². The lowest BCUT2D eigenvalue weighted by Gasteiger charge is -2.10. The summed E-state index contributed by atoms with van der Waals surface area (Å²) in [5.41, 5.74) is 0.687. The zero-order valence-electron chi connectivity index (χ0n) is 6.63. The highest BCUT2D eigenvalue weighted by molar-refractivity contribution is 5.07. The van der Waals surface area contributed by atoms with Crippen molar-refractivity contribution in [1.29, 1.82) is 0 Å². The van der Waals surface area contributed by atoms with Crippen LogP contribution in [-0.4, -0.2) is 11.1 Å². The summed E-state index contributed by atoms with van der Waals surface area (Å²) in [6, 6.07) is 3.26. The fourth-order valence-electron chi connectivity index (χ4n) is 0.689. The summed E-state index contributed by atoms with van der Waals surface area (Å²) in [6.45, 7) is 0.625. The average Bonchev–Trinajstić information content (AvgIpc) is 2.02. The third-order valence-electron chi connectivity index (χ3n) is 1.24. The molecule has 0 bridgehead atoms. The van der Waals surface area contributed by atoms with Crippen LogP contribution in [0.25, 0.3) is 0 Å². The number of alkyl halides is 2. The van der Waals surface area contributed by atoms with E-state index in [-0.39, 0.29) is 6.61 Å². The maximum Gasteiger partial charge on any atom is 0.353 e. The Kier molecular flexibility index (Phi) is 2.70. The molecule has 1 aromatic heterocycles. The van der Waals surface area contributed by atoms with Crippen LogP contribution in [0.1, 0.15) is 12.5 Å². The zero-order chi connectivity index (χ0) is 9.03. The largest absolute Gasteiger partial charge is 0.353 e. The van der Waals surface area contributed by atoms with Crippen molar-refractivity contribution in [3.63, 3.8) is 0 Å². The van der Waals surface area contributed by atoms with E-state index in [4.69, 9.17) is 0 Å². The van der Waals surface area contributed by atoms with E-state index in [0.717, 1.165) is 0 Å². The Labute approximate surface area is 69.2 Å². The van der Waals surface area contributed by atoms with Gasteiger partial charge in [-0.15, -0.1) is 0 Å². The van der Waals surface area contributed by atoms with Crippen molar-refractivity contribution < 1.29 is 13.5 Å². The van der Waals surface area contributed by atoms with Gasteiger partial charge in [-0.1, -0.05) is 0 Å². The number of hydrogen-bond acceptors (Lipinski definition) is 2. The molecule has 0 aromatic carbocycles. The second kappa shape index (κ2) is 3.58. The van der Waals surface area contributed by atoms with Gasteiger partial charge in [0.25, 0.3) is 0 Å². The second-order valence-corrected chi connectivity index (χ2v) is 2.45. The van der Waals surface area contributed by atoms with Gasteiger partial charge >= 0.3 is 6.11 Å². The van der Waals surface area contributed by atoms with Crippen LogP contribution in [0.5, 0.6) is 0 Å². The number of halogens is 2. The van der Waals surface area contributed by atoms with E-state index in [1.807, 2.05) is 0 Å². The third-order valence-corrected chi connectivity index (χ3v) is 1.24. The van der Waals surface area contributed by atoms with Crippen LogP contribution in [0.3, 0.4) is 0 Å². The zero-order valence-corrected chi connectivity index (χ0v) is 6.63. The molecule has 2 nitrogen and oxygen atoms in total. The molecule has 4 heteroatoms. The van der Waals surface area contributed by atoms with E-state index in [0.29, 0.717) is 12.5 Å². The first-order chi connectivity index (χ1) is 5.58. The lowest BCUT2D eigenvalue weighted by atomic mass is 10.3. The Balaban J connectivity index is 2.44. The molecule has 66 valence electrons. The third kappa shape index (κ3) is 3.39. The van der Waals surface area contributed by atoms with Gasteiger partial charge in [0.1, 0.15) is 0 Å². The van der Waals surface area contributed by atoms with Crippen molar-refractivity contribution >= 4 is 0 Å². The van der Waals surface area contributed by atoms with Gasteiger partial charge in [-0.25, -0.2) is 0 Å². The molecule has 0 fully saturated rings. The van der Waals surface area contributed by atoms with Crippen molar-refractivity contribution in [1.82, 2.24) is 4.98 Å². The highest BCUT2D eigenvalue weighted by Crippen LogP contribution is 2.15. The molecule has 1 heterocycles. The fourth-order valence-corrected chi connectivity index (χ4v) is 0.689. The predicted octanol–water partition coefficient (Wildman–Crippen LogP) is 2.21. The fraction of sp³-hybridized carbons (Fsp3) is 0.375. The van der Waals surface area contributed by atoms with Crippen molar-refractivity contribution in [3.05, 3.63) is 30.1 Å². The summed E-state index contributed by atoms with van der Waals surface area (Å²) in [5.74, 6) is 0. The van der Waals surface area contributed by atoms with Crippen LogP contribution in [0, 0.1) is 0 Å². The first kappa shape index (κ1) is 9.06. The first-order valence-corrected chi connectivity index (χ1v) is 3.48. The van der Waals surface area contributed by atoms with E-state index < -0.39 is 6.11 Å². The Morgan fingerprint density at radius 2 is 2.00 bits per heavy atom. The van der Waals surface area contributed by atoms with Crippen molar-refractivity contribution in [2.24, 2.45) is 0 Å². The summed E-state index contributed by atoms with van der Waals surface area (Å²) in [5, 5.41) is 0. The molecule has 0 aliphatic rings. The lowest BCUT2D eigenvalue weighted by molar-refractivity contribution is -0.231. The van der Waals surface area contributed by atoms with Gasteiger partial charge in [-0.2, -0.15) is 8.78 Å². The first-order valence-electron chi connectivity index (χ1n) is 3.48. The van der Waals surface area contributed by atoms with Crippen molar-refractivity contribution in [2.75, 3.05) is 0 Å². The Morgan fingerprint density at radius 3 is 2.50 bits per heavy atom. The van der Waals surface area contributed by atoms with Gasteiger partial charge in [0.15, 0.2) is 0 Å². The van der Waals surface area contributed by atoms with Gasteiger partial charge in [-0.3, -0.25) is 4.98 Å². The molecule has 1 aromatic rings. The number of ether oxygens (including phenoxy) is 1. The number of aromatic nitrogens is 1. The van der Waals surface area contributed by atoms with Crippen LogP contribution in [0.4, 0.5) is 8.78 Å². The SMILES string of the molecule is CC(F)(F)OCc1ccncc1. The standard InChI is InChI=1S/C8H9F2NO/c1-8(9,10)12-6-7-2-4-11-5-3-7/h2-5H,6H2,1H3. The molecule has 0 aliphatic heterocycles. The highest BCUT2D eigenvalue weighted by atomic mass is 19.3. The molecular formula is C8H9F2NO. The quantitative estimate of drug-likeness (QED) is 0.699. The molecule has 0 amide bonds. The minimum atomic E-state index is -3.07. The van der Waals surface area contributed by atoms with Gasteiger partial charge in [0.2, 0.25) is 0 Å². The van der Waals surface area contributed by atoms with Crippen LogP contribution >= 0.6 is 0 Å². The molecule has 1 rings (SSSR count). The normalized spacial score (nSPS) is 11.6. The number of hydrogen-bond donors (Lipinski definition) is 0. The van der Waals surface area contributed by atoms with Crippen LogP contribution in [0.15, 0.2) is 24.5 Å². The van der Waals surface area contributed by atoms with Crippen LogP contribution < -0.4 is 0 Å². The monoisotopic (exact) mass is 173 g/mol. The predicted molar refractivity (Wildman–Crippen MR) is 39.6 cm³/mol. The summed E-state index contributed by atoms with van der Waals surface area (Å²) in [4.78, 5) is 3.75. The van der Waals surface area contributed by atoms with Crippen molar-refractivity contribution in [2.45, 2.75) is 19.6 Å². The van der Waals surface area contributed by atoms with Gasteiger partial charge in [0.05, 0.1) is 6.61 Å². The summed E-state index contributed by atoms with van der Waals surface area (Å²) in [6.07, 6.45) is 0.00224. The maximum absolute atomic E-state index is 12.2. The lowest BCUT2D eigenvalue weighted by Crippen LogP contribution is -2.14. The number of rotatable bonds is 3. The molecule has 0 radical (unpaired) electrons. The minimum absolute atomic E-state index is 0.0913. The molecule has 0 saturated heterocycles. The molecule has 0 spiro atoms. The minimum Gasteiger partial charge on any atom is -0.316 e. The van der Waals surface area contributed by atoms with Crippen LogP contribution in [-0.2, 0) is 11.3 Å². The number of nitrogens with zero attached hydrogens (tertiary/aromatic N) is 1. The molecule has 0 atom stereocenters. The Morgan fingerprint density at radius 1 is 1.42 bits per heavy atom. The van der Waals surface area contributed by atoms with E-state index in [2.05, 4.69) is 9.72 Å². The molecule has 0 N–H and O–H groups in total. The Hall–Kier alpha value is -1.03. The number of pyridine rings is 1. The molecule has 0 unspecified atom stereocenters. The summed E-state index contributed by atoms with van der Waals surface area (Å²) < 4.78 is 28.6. The van der Waals surface area contributed by atoms with Crippen LogP contribution in [0.2, 0.25) is 0 Å². The smallest absolute Gasteiger partial charge is 0.316 e. The molecule has 12 heavy (non-hydrogen) atoms. The van der Waals surface area contributed by atoms with E-state index >= 15 is 0 Å². The second-order valence-electron chi connectivity index (χ2n) is 2.45. The molecule has 0 aliphatic carbocycles. The Bertz CT molecular complexity index is 233. The van der Waals surface area contributed by atoms with E-state index in [9.17, 15) is 8.78 Å². The summed E-state index contributed by atoms with van der Waals surface area (Å²) in [7, 11) is 0. The van der Waals surface area contributed by atoms with Gasteiger partial charge < -0.3 is 4.74 Å². The molecular weight excluding hydrogens is 164 g/mol. The van der Waals surface area contributed by atoms with Gasteiger partial charge in [-0.05, 0) is 17.7 Å².